The van der Waals surface area contributed by atoms with Crippen LogP contribution in [0.1, 0.15) is 18.1 Å². The van der Waals surface area contributed by atoms with Crippen LogP contribution >= 0.6 is 11.8 Å². The molecule has 1 aliphatic heterocycles. The van der Waals surface area contributed by atoms with Crippen molar-refractivity contribution >= 4 is 29.0 Å². The maximum Gasteiger partial charge on any atom is 0.293 e. The van der Waals surface area contributed by atoms with Gasteiger partial charge in [0.2, 0.25) is 0 Å². The van der Waals surface area contributed by atoms with E-state index in [0.717, 1.165) is 22.2 Å². The minimum absolute atomic E-state index is 0.126. The van der Waals surface area contributed by atoms with E-state index in [-0.39, 0.29) is 23.5 Å². The Balaban J connectivity index is 1.78. The van der Waals surface area contributed by atoms with Crippen LogP contribution in [-0.4, -0.2) is 22.7 Å². The fraction of sp³-hybridized carbons (Fsp3) is 0.158. The number of carbonyl (C=O) groups excluding carboxylic acids is 2. The molecule has 128 valence electrons. The molecule has 0 unspecified atom stereocenters. The van der Waals surface area contributed by atoms with Gasteiger partial charge in [-0.05, 0) is 60.2 Å². The monoisotopic (exact) mass is 357 g/mol. The molecule has 1 aliphatic rings. The van der Waals surface area contributed by atoms with Gasteiger partial charge in [0.1, 0.15) is 11.6 Å². The van der Waals surface area contributed by atoms with Gasteiger partial charge in [0, 0.05) is 0 Å². The van der Waals surface area contributed by atoms with Gasteiger partial charge in [-0.3, -0.25) is 14.5 Å². The summed E-state index contributed by atoms with van der Waals surface area (Å²) in [5, 5.41) is -0.332. The Morgan fingerprint density at radius 3 is 2.64 bits per heavy atom. The Kier molecular flexibility index (Phi) is 5.19. The molecular formula is C19H16FNO3S. The van der Waals surface area contributed by atoms with Gasteiger partial charge in [0.25, 0.3) is 11.1 Å². The molecule has 0 spiro atoms. The van der Waals surface area contributed by atoms with Crippen molar-refractivity contribution in [3.8, 4) is 5.75 Å². The molecule has 0 bridgehead atoms. The van der Waals surface area contributed by atoms with E-state index in [4.69, 9.17) is 4.74 Å². The molecule has 0 aromatic heterocycles. The van der Waals surface area contributed by atoms with Crippen molar-refractivity contribution in [1.82, 2.24) is 4.90 Å². The summed E-state index contributed by atoms with van der Waals surface area (Å²) in [6, 6.07) is 13.1. The molecule has 0 atom stereocenters. The van der Waals surface area contributed by atoms with Crippen molar-refractivity contribution in [2.24, 2.45) is 0 Å². The molecular weight excluding hydrogens is 341 g/mol. The van der Waals surface area contributed by atoms with Crippen LogP contribution < -0.4 is 4.74 Å². The first-order valence-electron chi connectivity index (χ1n) is 7.79. The van der Waals surface area contributed by atoms with Gasteiger partial charge in [-0.1, -0.05) is 24.3 Å². The Labute approximate surface area is 149 Å². The molecule has 2 aromatic carbocycles. The Hall–Kier alpha value is -2.60. The van der Waals surface area contributed by atoms with Gasteiger partial charge in [0.05, 0.1) is 18.1 Å². The third-order valence-electron chi connectivity index (χ3n) is 3.59. The van der Waals surface area contributed by atoms with E-state index in [1.54, 1.807) is 18.2 Å². The van der Waals surface area contributed by atoms with Gasteiger partial charge >= 0.3 is 0 Å². The fourth-order valence-electron chi connectivity index (χ4n) is 2.42. The van der Waals surface area contributed by atoms with E-state index in [1.165, 1.54) is 12.1 Å². The third kappa shape index (κ3) is 4.09. The summed E-state index contributed by atoms with van der Waals surface area (Å²) < 4.78 is 18.4. The van der Waals surface area contributed by atoms with Gasteiger partial charge in [-0.15, -0.1) is 0 Å². The molecule has 25 heavy (non-hydrogen) atoms. The highest BCUT2D eigenvalue weighted by Crippen LogP contribution is 2.33. The highest BCUT2D eigenvalue weighted by Gasteiger charge is 2.34. The molecule has 2 amide bonds. The lowest BCUT2D eigenvalue weighted by Crippen LogP contribution is -2.27. The summed E-state index contributed by atoms with van der Waals surface area (Å²) in [5.41, 5.74) is 1.49. The molecule has 0 N–H and O–H groups in total. The number of hydrogen-bond donors (Lipinski definition) is 0. The number of nitrogens with zero attached hydrogens (tertiary/aromatic N) is 1. The van der Waals surface area contributed by atoms with Crippen LogP contribution in [0.3, 0.4) is 0 Å². The number of amides is 2. The molecule has 4 nitrogen and oxygen atoms in total. The van der Waals surface area contributed by atoms with E-state index in [2.05, 4.69) is 0 Å². The maximum absolute atomic E-state index is 13.0. The summed E-state index contributed by atoms with van der Waals surface area (Å²) in [5.74, 6) is 0.00916. The predicted molar refractivity (Wildman–Crippen MR) is 95.5 cm³/mol. The zero-order valence-corrected chi connectivity index (χ0v) is 14.4. The predicted octanol–water partition coefficient (Wildman–Crippen LogP) is 4.46. The van der Waals surface area contributed by atoms with E-state index in [1.807, 2.05) is 31.2 Å². The lowest BCUT2D eigenvalue weighted by atomic mass is 10.2. The number of imide groups is 1. The van der Waals surface area contributed by atoms with Crippen molar-refractivity contribution in [3.05, 3.63) is 70.4 Å². The van der Waals surface area contributed by atoms with Gasteiger partial charge in [-0.2, -0.15) is 0 Å². The Morgan fingerprint density at radius 2 is 1.92 bits per heavy atom. The number of hydrogen-bond acceptors (Lipinski definition) is 4. The molecule has 0 radical (unpaired) electrons. The molecule has 1 heterocycles. The van der Waals surface area contributed by atoms with Crippen LogP contribution in [0.2, 0.25) is 0 Å². The van der Waals surface area contributed by atoms with Crippen LogP contribution in [-0.2, 0) is 11.3 Å². The summed E-state index contributed by atoms with van der Waals surface area (Å²) in [6.07, 6.45) is 1.68. The third-order valence-corrected chi connectivity index (χ3v) is 4.50. The van der Waals surface area contributed by atoms with Crippen molar-refractivity contribution in [1.29, 1.82) is 0 Å². The van der Waals surface area contributed by atoms with E-state index in [9.17, 15) is 14.0 Å². The van der Waals surface area contributed by atoms with E-state index < -0.39 is 0 Å². The molecule has 0 aliphatic carbocycles. The standard InChI is InChI=1S/C19H16FNO3S/c1-2-24-16-5-3-4-14(10-16)11-17-18(22)21(19(23)25-17)12-13-6-8-15(20)9-7-13/h3-11H,2,12H2,1H3. The normalized spacial score (nSPS) is 15.9. The van der Waals surface area contributed by atoms with E-state index >= 15 is 0 Å². The van der Waals surface area contributed by atoms with Crippen LogP contribution in [0.4, 0.5) is 9.18 Å². The maximum atomic E-state index is 13.0. The summed E-state index contributed by atoms with van der Waals surface area (Å²) in [7, 11) is 0. The first kappa shape index (κ1) is 17.2. The second kappa shape index (κ2) is 7.53. The molecule has 1 saturated heterocycles. The van der Waals surface area contributed by atoms with Gasteiger partial charge in [0.15, 0.2) is 0 Å². The van der Waals surface area contributed by atoms with Crippen LogP contribution in [0.15, 0.2) is 53.4 Å². The van der Waals surface area contributed by atoms with Crippen LogP contribution in [0.25, 0.3) is 6.08 Å². The summed E-state index contributed by atoms with van der Waals surface area (Å²) in [4.78, 5) is 26.2. The number of halogens is 1. The average Bonchev–Trinajstić information content (AvgIpc) is 2.85. The average molecular weight is 357 g/mol. The van der Waals surface area contributed by atoms with Crippen molar-refractivity contribution in [2.45, 2.75) is 13.5 Å². The topological polar surface area (TPSA) is 46.6 Å². The van der Waals surface area contributed by atoms with E-state index in [0.29, 0.717) is 22.8 Å². The largest absolute Gasteiger partial charge is 0.494 e. The zero-order valence-electron chi connectivity index (χ0n) is 13.6. The summed E-state index contributed by atoms with van der Waals surface area (Å²) >= 11 is 0.902. The lowest BCUT2D eigenvalue weighted by molar-refractivity contribution is -0.123. The fourth-order valence-corrected chi connectivity index (χ4v) is 3.26. The summed E-state index contributed by atoms with van der Waals surface area (Å²) in [6.45, 7) is 2.58. The molecule has 6 heteroatoms. The molecule has 0 saturated carbocycles. The first-order chi connectivity index (χ1) is 12.1. The Bertz CT molecular complexity index is 833. The smallest absolute Gasteiger partial charge is 0.293 e. The molecule has 2 aromatic rings. The first-order valence-corrected chi connectivity index (χ1v) is 8.61. The highest BCUT2D eigenvalue weighted by atomic mass is 32.2. The number of carbonyl (C=O) groups is 2. The second-order valence-electron chi connectivity index (χ2n) is 5.40. The quantitative estimate of drug-likeness (QED) is 0.741. The van der Waals surface area contributed by atoms with Crippen molar-refractivity contribution in [3.63, 3.8) is 0 Å². The van der Waals surface area contributed by atoms with Gasteiger partial charge in [-0.25, -0.2) is 4.39 Å². The number of ether oxygens (including phenoxy) is 1. The second-order valence-corrected chi connectivity index (χ2v) is 6.39. The zero-order chi connectivity index (χ0) is 17.8. The molecule has 3 rings (SSSR count). The SMILES string of the molecule is CCOc1cccc(C=C2SC(=O)N(Cc3ccc(F)cc3)C2=O)c1. The number of thioether (sulfide) groups is 1. The minimum atomic E-state index is -0.355. The highest BCUT2D eigenvalue weighted by molar-refractivity contribution is 8.18. The van der Waals surface area contributed by atoms with Crippen molar-refractivity contribution in [2.75, 3.05) is 6.61 Å². The van der Waals surface area contributed by atoms with Crippen LogP contribution in [0, 0.1) is 5.82 Å². The lowest BCUT2D eigenvalue weighted by Gasteiger charge is -2.12. The minimum Gasteiger partial charge on any atom is -0.494 e. The molecule has 1 fully saturated rings. The van der Waals surface area contributed by atoms with Crippen LogP contribution in [0.5, 0.6) is 5.75 Å². The number of rotatable bonds is 5. The number of benzene rings is 2. The van der Waals surface area contributed by atoms with Crippen molar-refractivity contribution < 1.29 is 18.7 Å². The van der Waals surface area contributed by atoms with Gasteiger partial charge < -0.3 is 4.74 Å². The Morgan fingerprint density at radius 1 is 1.16 bits per heavy atom.